The first-order valence-electron chi connectivity index (χ1n) is 5.44. The van der Waals surface area contributed by atoms with Crippen LogP contribution in [0.5, 0.6) is 0 Å². The molecule has 2 atom stereocenters. The van der Waals surface area contributed by atoms with Crippen LogP contribution in [0.15, 0.2) is 0 Å². The van der Waals surface area contributed by atoms with Gasteiger partial charge in [0.15, 0.2) is 0 Å². The number of hydrogen-bond acceptors (Lipinski definition) is 2. The van der Waals surface area contributed by atoms with Crippen LogP contribution < -0.4 is 0 Å². The van der Waals surface area contributed by atoms with E-state index in [9.17, 15) is 10.2 Å². The van der Waals surface area contributed by atoms with E-state index in [0.29, 0.717) is 12.3 Å². The quantitative estimate of drug-likeness (QED) is 0.644. The number of aliphatic hydroxyl groups is 2. The smallest absolute Gasteiger partial charge is 0.0799 e. The predicted octanol–water partition coefficient (Wildman–Crippen LogP) is 2.33. The second kappa shape index (κ2) is 7.34. The van der Waals surface area contributed by atoms with E-state index in [-0.39, 0.29) is 0 Å². The van der Waals surface area contributed by atoms with Crippen LogP contribution in [-0.4, -0.2) is 22.4 Å². The van der Waals surface area contributed by atoms with Gasteiger partial charge in [-0.15, -0.1) is 0 Å². The molecule has 80 valence electrons. The van der Waals surface area contributed by atoms with E-state index in [4.69, 9.17) is 0 Å². The molecule has 0 aliphatic carbocycles. The van der Waals surface area contributed by atoms with Crippen LogP contribution in [0.1, 0.15) is 52.9 Å². The van der Waals surface area contributed by atoms with Gasteiger partial charge in [-0.3, -0.25) is 0 Å². The SMILES string of the molecule is CCCC(O)C(O)CCCC(C)C. The van der Waals surface area contributed by atoms with E-state index in [1.165, 1.54) is 0 Å². The molecule has 0 aliphatic rings. The molecule has 2 heteroatoms. The second-order valence-electron chi connectivity index (χ2n) is 4.25. The van der Waals surface area contributed by atoms with E-state index >= 15 is 0 Å². The summed E-state index contributed by atoms with van der Waals surface area (Å²) in [5.74, 6) is 0.690. The summed E-state index contributed by atoms with van der Waals surface area (Å²) in [4.78, 5) is 0. The Morgan fingerprint density at radius 3 is 1.92 bits per heavy atom. The lowest BCUT2D eigenvalue weighted by Gasteiger charge is -2.17. The van der Waals surface area contributed by atoms with Gasteiger partial charge < -0.3 is 10.2 Å². The van der Waals surface area contributed by atoms with Crippen molar-refractivity contribution in [3.05, 3.63) is 0 Å². The van der Waals surface area contributed by atoms with Gasteiger partial charge >= 0.3 is 0 Å². The zero-order valence-corrected chi connectivity index (χ0v) is 9.16. The summed E-state index contributed by atoms with van der Waals surface area (Å²) in [6.07, 6.45) is 3.50. The molecule has 0 heterocycles. The normalized spacial score (nSPS) is 16.2. The Balaban J connectivity index is 3.43. The van der Waals surface area contributed by atoms with E-state index in [2.05, 4.69) is 13.8 Å². The molecular weight excluding hydrogens is 164 g/mol. The van der Waals surface area contributed by atoms with Gasteiger partial charge in [-0.1, -0.05) is 40.0 Å². The lowest BCUT2D eigenvalue weighted by atomic mass is 10.00. The Kier molecular flexibility index (Phi) is 7.29. The van der Waals surface area contributed by atoms with Crippen molar-refractivity contribution >= 4 is 0 Å². The van der Waals surface area contributed by atoms with Gasteiger partial charge in [-0.25, -0.2) is 0 Å². The maximum atomic E-state index is 9.51. The highest BCUT2D eigenvalue weighted by molar-refractivity contribution is 4.66. The highest BCUT2D eigenvalue weighted by Crippen LogP contribution is 2.12. The van der Waals surface area contributed by atoms with Crippen molar-refractivity contribution in [3.8, 4) is 0 Å². The van der Waals surface area contributed by atoms with Gasteiger partial charge in [0, 0.05) is 0 Å². The Morgan fingerprint density at radius 2 is 1.46 bits per heavy atom. The van der Waals surface area contributed by atoms with E-state index in [0.717, 1.165) is 25.7 Å². The van der Waals surface area contributed by atoms with Crippen LogP contribution in [0, 0.1) is 5.92 Å². The molecule has 2 nitrogen and oxygen atoms in total. The summed E-state index contributed by atoms with van der Waals surface area (Å²) in [6.45, 7) is 6.37. The monoisotopic (exact) mass is 188 g/mol. The van der Waals surface area contributed by atoms with Crippen LogP contribution in [0.3, 0.4) is 0 Å². The van der Waals surface area contributed by atoms with Gasteiger partial charge in [0.1, 0.15) is 0 Å². The zero-order chi connectivity index (χ0) is 10.3. The van der Waals surface area contributed by atoms with Crippen molar-refractivity contribution in [2.75, 3.05) is 0 Å². The minimum atomic E-state index is -0.517. The Bertz CT molecular complexity index is 113. The first-order valence-corrected chi connectivity index (χ1v) is 5.44. The molecule has 0 aromatic carbocycles. The second-order valence-corrected chi connectivity index (χ2v) is 4.25. The summed E-state index contributed by atoms with van der Waals surface area (Å²) >= 11 is 0. The summed E-state index contributed by atoms with van der Waals surface area (Å²) in [5, 5.41) is 18.9. The first-order chi connectivity index (χ1) is 6.07. The molecule has 13 heavy (non-hydrogen) atoms. The largest absolute Gasteiger partial charge is 0.390 e. The fourth-order valence-electron chi connectivity index (χ4n) is 1.42. The molecule has 0 saturated heterocycles. The summed E-state index contributed by atoms with van der Waals surface area (Å²) in [7, 11) is 0. The molecule has 0 aromatic rings. The van der Waals surface area contributed by atoms with E-state index in [1.54, 1.807) is 0 Å². The van der Waals surface area contributed by atoms with Crippen LogP contribution in [0.25, 0.3) is 0 Å². The number of aliphatic hydroxyl groups excluding tert-OH is 2. The highest BCUT2D eigenvalue weighted by Gasteiger charge is 2.14. The minimum absolute atomic E-state index is 0.515. The highest BCUT2D eigenvalue weighted by atomic mass is 16.3. The summed E-state index contributed by atoms with van der Waals surface area (Å²) in [5.41, 5.74) is 0. The molecule has 0 aromatic heterocycles. The third kappa shape index (κ3) is 7.03. The molecular formula is C11H24O2. The van der Waals surface area contributed by atoms with E-state index < -0.39 is 12.2 Å². The molecule has 0 radical (unpaired) electrons. The van der Waals surface area contributed by atoms with Crippen LogP contribution in [0.4, 0.5) is 0 Å². The number of rotatable bonds is 7. The standard InChI is InChI=1S/C11H24O2/c1-4-6-10(12)11(13)8-5-7-9(2)3/h9-13H,4-8H2,1-3H3. The van der Waals surface area contributed by atoms with Crippen molar-refractivity contribution in [3.63, 3.8) is 0 Å². The third-order valence-electron chi connectivity index (χ3n) is 2.31. The predicted molar refractivity (Wildman–Crippen MR) is 55.6 cm³/mol. The molecule has 0 aliphatic heterocycles. The maximum absolute atomic E-state index is 9.51. The molecule has 2 N–H and O–H groups in total. The molecule has 0 spiro atoms. The van der Waals surface area contributed by atoms with Crippen molar-refractivity contribution in [1.82, 2.24) is 0 Å². The van der Waals surface area contributed by atoms with Crippen LogP contribution >= 0.6 is 0 Å². The van der Waals surface area contributed by atoms with Crippen LogP contribution in [0.2, 0.25) is 0 Å². The van der Waals surface area contributed by atoms with Gasteiger partial charge in [0.2, 0.25) is 0 Å². The fraction of sp³-hybridized carbons (Fsp3) is 1.00. The average molecular weight is 188 g/mol. The van der Waals surface area contributed by atoms with Crippen molar-refractivity contribution < 1.29 is 10.2 Å². The Labute approximate surface area is 82.0 Å². The van der Waals surface area contributed by atoms with Gasteiger partial charge in [0.05, 0.1) is 12.2 Å². The van der Waals surface area contributed by atoms with Gasteiger partial charge in [-0.2, -0.15) is 0 Å². The van der Waals surface area contributed by atoms with Gasteiger partial charge in [-0.05, 0) is 18.8 Å². The topological polar surface area (TPSA) is 40.5 Å². The average Bonchev–Trinajstić information content (AvgIpc) is 2.04. The van der Waals surface area contributed by atoms with Crippen LogP contribution in [-0.2, 0) is 0 Å². The third-order valence-corrected chi connectivity index (χ3v) is 2.31. The first kappa shape index (κ1) is 12.9. The molecule has 0 rings (SSSR count). The van der Waals surface area contributed by atoms with Crippen molar-refractivity contribution in [2.24, 2.45) is 5.92 Å². The number of hydrogen-bond donors (Lipinski definition) is 2. The minimum Gasteiger partial charge on any atom is -0.390 e. The zero-order valence-electron chi connectivity index (χ0n) is 9.16. The molecule has 0 fully saturated rings. The van der Waals surface area contributed by atoms with Gasteiger partial charge in [0.25, 0.3) is 0 Å². The summed E-state index contributed by atoms with van der Waals surface area (Å²) in [6, 6.07) is 0. The fourth-order valence-corrected chi connectivity index (χ4v) is 1.42. The van der Waals surface area contributed by atoms with Crippen molar-refractivity contribution in [2.45, 2.75) is 65.1 Å². The lowest BCUT2D eigenvalue weighted by molar-refractivity contribution is 0.00782. The lowest BCUT2D eigenvalue weighted by Crippen LogP contribution is -2.25. The maximum Gasteiger partial charge on any atom is 0.0799 e. The molecule has 0 saturated carbocycles. The molecule has 0 bridgehead atoms. The molecule has 0 amide bonds. The Hall–Kier alpha value is -0.0800. The Morgan fingerprint density at radius 1 is 0.923 bits per heavy atom. The summed E-state index contributed by atoms with van der Waals surface area (Å²) < 4.78 is 0. The van der Waals surface area contributed by atoms with E-state index in [1.807, 2.05) is 6.92 Å². The van der Waals surface area contributed by atoms with Crippen molar-refractivity contribution in [1.29, 1.82) is 0 Å². The molecule has 2 unspecified atom stereocenters.